The Hall–Kier alpha value is -1.56. The van der Waals surface area contributed by atoms with Crippen LogP contribution in [-0.2, 0) is 9.53 Å². The zero-order chi connectivity index (χ0) is 17.9. The van der Waals surface area contributed by atoms with Crippen LogP contribution in [0.25, 0.3) is 0 Å². The topological polar surface area (TPSA) is 50.1 Å². The Labute approximate surface area is 153 Å². The van der Waals surface area contributed by atoms with Crippen LogP contribution < -0.4 is 0 Å². The maximum absolute atomic E-state index is 12.4. The lowest BCUT2D eigenvalue weighted by molar-refractivity contribution is -0.157. The SMILES string of the molecule is CCCC[C@H]1CC[C@H](OC(=O)[C@H]2CC[C@H](C=CC=CC#N)CC2)CC1. The van der Waals surface area contributed by atoms with Crippen LogP contribution in [0.2, 0.25) is 0 Å². The molecule has 25 heavy (non-hydrogen) atoms. The third-order valence-corrected chi connectivity index (χ3v) is 5.81. The van der Waals surface area contributed by atoms with E-state index in [1.807, 2.05) is 12.1 Å². The predicted octanol–water partition coefficient (Wildman–Crippen LogP) is 5.72. The van der Waals surface area contributed by atoms with Gasteiger partial charge in [0.05, 0.1) is 12.0 Å². The Bertz CT molecular complexity index is 487. The van der Waals surface area contributed by atoms with Crippen molar-refractivity contribution in [3.63, 3.8) is 0 Å². The molecule has 0 amide bonds. The van der Waals surface area contributed by atoms with E-state index in [1.165, 1.54) is 38.2 Å². The van der Waals surface area contributed by atoms with Crippen LogP contribution >= 0.6 is 0 Å². The van der Waals surface area contributed by atoms with Crippen LogP contribution in [-0.4, -0.2) is 12.1 Å². The van der Waals surface area contributed by atoms with Crippen molar-refractivity contribution in [3.05, 3.63) is 24.3 Å². The van der Waals surface area contributed by atoms with Crippen molar-refractivity contribution in [2.75, 3.05) is 0 Å². The predicted molar refractivity (Wildman–Crippen MR) is 101 cm³/mol. The highest BCUT2D eigenvalue weighted by Crippen LogP contribution is 2.33. The molecule has 0 atom stereocenters. The van der Waals surface area contributed by atoms with Crippen LogP contribution in [0.1, 0.15) is 77.6 Å². The van der Waals surface area contributed by atoms with Crippen LogP contribution in [0.15, 0.2) is 24.3 Å². The summed E-state index contributed by atoms with van der Waals surface area (Å²) >= 11 is 0. The van der Waals surface area contributed by atoms with Crippen LogP contribution in [0.5, 0.6) is 0 Å². The summed E-state index contributed by atoms with van der Waals surface area (Å²) in [5, 5.41) is 8.46. The van der Waals surface area contributed by atoms with Crippen LogP contribution in [0, 0.1) is 29.1 Å². The van der Waals surface area contributed by atoms with E-state index in [9.17, 15) is 4.79 Å². The van der Waals surface area contributed by atoms with E-state index in [0.29, 0.717) is 5.92 Å². The first-order valence-electron chi connectivity index (χ1n) is 10.2. The molecule has 3 nitrogen and oxygen atoms in total. The number of hydrogen-bond donors (Lipinski definition) is 0. The van der Waals surface area contributed by atoms with Gasteiger partial charge in [0.1, 0.15) is 6.10 Å². The Morgan fingerprint density at radius 2 is 1.80 bits per heavy atom. The molecule has 0 unspecified atom stereocenters. The number of allylic oxidation sites excluding steroid dienone is 4. The summed E-state index contributed by atoms with van der Waals surface area (Å²) in [6.07, 6.45) is 20.0. The highest BCUT2D eigenvalue weighted by atomic mass is 16.5. The molecule has 0 heterocycles. The number of nitriles is 1. The minimum absolute atomic E-state index is 0.0452. The van der Waals surface area contributed by atoms with Gasteiger partial charge in [-0.2, -0.15) is 5.26 Å². The molecule has 2 aliphatic carbocycles. The number of ether oxygens (including phenoxy) is 1. The lowest BCUT2D eigenvalue weighted by Crippen LogP contribution is -2.30. The highest BCUT2D eigenvalue weighted by Gasteiger charge is 2.29. The Morgan fingerprint density at radius 3 is 2.44 bits per heavy atom. The monoisotopic (exact) mass is 343 g/mol. The molecule has 2 fully saturated rings. The number of unbranched alkanes of at least 4 members (excludes halogenated alkanes) is 1. The minimum atomic E-state index is 0.0452. The van der Waals surface area contributed by atoms with Gasteiger partial charge < -0.3 is 4.74 Å². The second-order valence-corrected chi connectivity index (χ2v) is 7.71. The Balaban J connectivity index is 1.65. The molecule has 138 valence electrons. The molecule has 2 saturated carbocycles. The summed E-state index contributed by atoms with van der Waals surface area (Å²) in [7, 11) is 0. The summed E-state index contributed by atoms with van der Waals surface area (Å²) in [5.74, 6) is 1.52. The van der Waals surface area contributed by atoms with Crippen molar-refractivity contribution in [1.29, 1.82) is 5.26 Å². The van der Waals surface area contributed by atoms with Gasteiger partial charge in [0, 0.05) is 6.08 Å². The molecule has 0 spiro atoms. The van der Waals surface area contributed by atoms with Crippen molar-refractivity contribution in [3.8, 4) is 6.07 Å². The van der Waals surface area contributed by atoms with Gasteiger partial charge in [-0.15, -0.1) is 0 Å². The average molecular weight is 344 g/mol. The molecule has 2 rings (SSSR count). The van der Waals surface area contributed by atoms with Crippen molar-refractivity contribution >= 4 is 5.97 Å². The second-order valence-electron chi connectivity index (χ2n) is 7.71. The number of nitrogens with zero attached hydrogens (tertiary/aromatic N) is 1. The smallest absolute Gasteiger partial charge is 0.309 e. The van der Waals surface area contributed by atoms with Crippen molar-refractivity contribution < 1.29 is 9.53 Å². The fraction of sp³-hybridized carbons (Fsp3) is 0.727. The number of esters is 1. The summed E-state index contributed by atoms with van der Waals surface area (Å²) in [6, 6.07) is 1.99. The van der Waals surface area contributed by atoms with Gasteiger partial charge in [-0.1, -0.05) is 44.4 Å². The highest BCUT2D eigenvalue weighted by molar-refractivity contribution is 5.72. The summed E-state index contributed by atoms with van der Waals surface area (Å²) in [5.41, 5.74) is 0. The van der Waals surface area contributed by atoms with Crippen molar-refractivity contribution in [2.24, 2.45) is 17.8 Å². The van der Waals surface area contributed by atoms with E-state index in [0.717, 1.165) is 44.4 Å². The molecule has 0 aliphatic heterocycles. The molecular formula is C22H33NO2. The third kappa shape index (κ3) is 7.06. The molecule has 2 aliphatic rings. The maximum Gasteiger partial charge on any atom is 0.309 e. The van der Waals surface area contributed by atoms with Crippen LogP contribution in [0.3, 0.4) is 0 Å². The van der Waals surface area contributed by atoms with E-state index in [2.05, 4.69) is 13.0 Å². The number of carbonyl (C=O) groups is 1. The summed E-state index contributed by atoms with van der Waals surface area (Å²) in [6.45, 7) is 2.25. The second kappa shape index (κ2) is 11.1. The van der Waals surface area contributed by atoms with Crippen LogP contribution in [0.4, 0.5) is 0 Å². The number of hydrogen-bond acceptors (Lipinski definition) is 3. The van der Waals surface area contributed by atoms with E-state index in [4.69, 9.17) is 10.00 Å². The van der Waals surface area contributed by atoms with Gasteiger partial charge in [0.25, 0.3) is 0 Å². The fourth-order valence-corrected chi connectivity index (χ4v) is 4.16. The van der Waals surface area contributed by atoms with E-state index in [1.54, 1.807) is 6.08 Å². The van der Waals surface area contributed by atoms with Crippen molar-refractivity contribution in [2.45, 2.75) is 83.7 Å². The van der Waals surface area contributed by atoms with Gasteiger partial charge >= 0.3 is 5.97 Å². The minimum Gasteiger partial charge on any atom is -0.462 e. The fourth-order valence-electron chi connectivity index (χ4n) is 4.16. The quantitative estimate of drug-likeness (QED) is 0.337. The van der Waals surface area contributed by atoms with Gasteiger partial charge in [0.15, 0.2) is 0 Å². The van der Waals surface area contributed by atoms with Crippen molar-refractivity contribution in [1.82, 2.24) is 0 Å². The molecule has 0 bridgehead atoms. The Kier molecular flexibility index (Phi) is 8.80. The molecule has 0 aromatic rings. The molecule has 0 saturated heterocycles. The maximum atomic E-state index is 12.4. The zero-order valence-corrected chi connectivity index (χ0v) is 15.7. The summed E-state index contributed by atoms with van der Waals surface area (Å²) < 4.78 is 5.83. The van der Waals surface area contributed by atoms with Gasteiger partial charge in [-0.05, 0) is 63.2 Å². The standard InChI is InChI=1S/C22H33NO2/c1-2-3-7-18-11-15-21(16-12-18)25-22(24)20-13-9-19(10-14-20)8-5-4-6-17-23/h4-6,8,18-21H,2-3,7,9-16H2,1H3/t18-,19-,20-,21-. The lowest BCUT2D eigenvalue weighted by atomic mass is 9.81. The largest absolute Gasteiger partial charge is 0.462 e. The number of carbonyl (C=O) groups excluding carboxylic acids is 1. The van der Waals surface area contributed by atoms with Gasteiger partial charge in [-0.3, -0.25) is 4.79 Å². The third-order valence-electron chi connectivity index (χ3n) is 5.81. The zero-order valence-electron chi connectivity index (χ0n) is 15.7. The van der Waals surface area contributed by atoms with Gasteiger partial charge in [-0.25, -0.2) is 0 Å². The first-order chi connectivity index (χ1) is 12.2. The molecule has 0 radical (unpaired) electrons. The molecule has 0 aromatic carbocycles. The molecule has 0 aromatic heterocycles. The van der Waals surface area contributed by atoms with Gasteiger partial charge in [0.2, 0.25) is 0 Å². The molecule has 0 N–H and O–H groups in total. The normalized spacial score (nSPS) is 30.4. The molecular weight excluding hydrogens is 310 g/mol. The number of rotatable bonds is 7. The average Bonchev–Trinajstić information content (AvgIpc) is 2.65. The van der Waals surface area contributed by atoms with E-state index in [-0.39, 0.29) is 18.0 Å². The first kappa shape index (κ1) is 19.8. The first-order valence-corrected chi connectivity index (χ1v) is 10.2. The molecule has 3 heteroatoms. The lowest BCUT2D eigenvalue weighted by Gasteiger charge is -2.31. The van der Waals surface area contributed by atoms with E-state index < -0.39 is 0 Å². The van der Waals surface area contributed by atoms with E-state index >= 15 is 0 Å². The summed E-state index contributed by atoms with van der Waals surface area (Å²) in [4.78, 5) is 12.4. The Morgan fingerprint density at radius 1 is 1.08 bits per heavy atom.